The maximum absolute atomic E-state index is 13.4. The molecular weight excluding hydrogens is 271 g/mol. The largest absolute Gasteiger partial charge is 0.496 e. The second-order valence-corrected chi connectivity index (χ2v) is 5.31. The van der Waals surface area contributed by atoms with E-state index in [1.165, 1.54) is 25.3 Å². The molecule has 2 rings (SSSR count). The standard InChI is InChI=1S/C16H23FN2O2/c1-3-19(13-6-8-18-9-7-13)11-15(20)14-10-12(17)4-5-16(14)21-2/h4-5,10,13,18H,3,6-9,11H2,1-2H3. The van der Waals surface area contributed by atoms with E-state index in [1.54, 1.807) is 0 Å². The van der Waals surface area contributed by atoms with E-state index in [0.717, 1.165) is 32.5 Å². The van der Waals surface area contributed by atoms with Crippen molar-refractivity contribution in [2.75, 3.05) is 33.3 Å². The zero-order valence-corrected chi connectivity index (χ0v) is 12.7. The lowest BCUT2D eigenvalue weighted by Gasteiger charge is -2.33. The number of methoxy groups -OCH3 is 1. The van der Waals surface area contributed by atoms with Crippen molar-refractivity contribution in [2.24, 2.45) is 0 Å². The molecule has 5 heteroatoms. The van der Waals surface area contributed by atoms with Gasteiger partial charge in [0.05, 0.1) is 19.2 Å². The van der Waals surface area contributed by atoms with Gasteiger partial charge in [-0.2, -0.15) is 0 Å². The first-order chi connectivity index (χ1) is 10.2. The number of piperidine rings is 1. The van der Waals surface area contributed by atoms with Gasteiger partial charge in [-0.1, -0.05) is 6.92 Å². The van der Waals surface area contributed by atoms with E-state index >= 15 is 0 Å². The summed E-state index contributed by atoms with van der Waals surface area (Å²) >= 11 is 0. The van der Waals surface area contributed by atoms with Crippen LogP contribution in [-0.4, -0.2) is 50.0 Å². The van der Waals surface area contributed by atoms with E-state index in [0.29, 0.717) is 23.9 Å². The minimum Gasteiger partial charge on any atom is -0.496 e. The van der Waals surface area contributed by atoms with Crippen molar-refractivity contribution in [2.45, 2.75) is 25.8 Å². The Morgan fingerprint density at radius 1 is 1.43 bits per heavy atom. The molecule has 0 amide bonds. The lowest BCUT2D eigenvalue weighted by Crippen LogP contribution is -2.45. The number of ketones is 1. The first kappa shape index (κ1) is 15.9. The van der Waals surface area contributed by atoms with E-state index in [9.17, 15) is 9.18 Å². The number of rotatable bonds is 6. The van der Waals surface area contributed by atoms with Crippen molar-refractivity contribution in [1.29, 1.82) is 0 Å². The summed E-state index contributed by atoms with van der Waals surface area (Å²) < 4.78 is 18.6. The number of hydrogen-bond donors (Lipinski definition) is 1. The molecule has 0 spiro atoms. The van der Waals surface area contributed by atoms with E-state index in [-0.39, 0.29) is 5.78 Å². The fraction of sp³-hybridized carbons (Fsp3) is 0.562. The number of nitrogens with one attached hydrogen (secondary N) is 1. The summed E-state index contributed by atoms with van der Waals surface area (Å²) in [5.74, 6) is -0.0708. The van der Waals surface area contributed by atoms with E-state index in [4.69, 9.17) is 4.74 Å². The summed E-state index contributed by atoms with van der Waals surface area (Å²) in [7, 11) is 1.49. The molecule has 0 radical (unpaired) electrons. The van der Waals surface area contributed by atoms with Crippen molar-refractivity contribution in [3.05, 3.63) is 29.6 Å². The monoisotopic (exact) mass is 294 g/mol. The normalized spacial score (nSPS) is 16.2. The van der Waals surface area contributed by atoms with Crippen molar-refractivity contribution >= 4 is 5.78 Å². The summed E-state index contributed by atoms with van der Waals surface area (Å²) in [5, 5.41) is 3.32. The number of hydrogen-bond acceptors (Lipinski definition) is 4. The molecular formula is C16H23FN2O2. The van der Waals surface area contributed by atoms with Crippen LogP contribution in [-0.2, 0) is 0 Å². The second-order valence-electron chi connectivity index (χ2n) is 5.31. The molecule has 0 unspecified atom stereocenters. The summed E-state index contributed by atoms with van der Waals surface area (Å²) in [6.45, 7) is 5.14. The number of Topliss-reactive ketones (excluding diaryl/α,β-unsaturated/α-hetero) is 1. The Hall–Kier alpha value is -1.46. The predicted molar refractivity (Wildman–Crippen MR) is 80.4 cm³/mol. The van der Waals surface area contributed by atoms with Gasteiger partial charge < -0.3 is 10.1 Å². The van der Waals surface area contributed by atoms with Crippen LogP contribution in [0.1, 0.15) is 30.1 Å². The molecule has 0 atom stereocenters. The highest BCUT2D eigenvalue weighted by molar-refractivity contribution is 6.00. The number of carbonyl (C=O) groups excluding carboxylic acids is 1. The molecule has 0 aliphatic carbocycles. The number of halogens is 1. The number of carbonyl (C=O) groups is 1. The molecule has 1 aromatic rings. The van der Waals surface area contributed by atoms with E-state index in [2.05, 4.69) is 17.1 Å². The van der Waals surface area contributed by atoms with Gasteiger partial charge in [-0.3, -0.25) is 9.69 Å². The Balaban J connectivity index is 2.10. The van der Waals surface area contributed by atoms with Crippen LogP contribution in [0.5, 0.6) is 5.75 Å². The minimum absolute atomic E-state index is 0.0910. The molecule has 21 heavy (non-hydrogen) atoms. The van der Waals surface area contributed by atoms with Gasteiger partial charge in [-0.05, 0) is 50.7 Å². The fourth-order valence-electron chi connectivity index (χ4n) is 2.84. The highest BCUT2D eigenvalue weighted by Crippen LogP contribution is 2.21. The van der Waals surface area contributed by atoms with Gasteiger partial charge >= 0.3 is 0 Å². The third kappa shape index (κ3) is 4.02. The van der Waals surface area contributed by atoms with Crippen molar-refractivity contribution in [3.8, 4) is 5.75 Å². The van der Waals surface area contributed by atoms with Gasteiger partial charge in [0.1, 0.15) is 11.6 Å². The molecule has 1 heterocycles. The Kier molecular flexibility index (Phi) is 5.70. The SMILES string of the molecule is CCN(CC(=O)c1cc(F)ccc1OC)C1CCNCC1. The van der Waals surface area contributed by atoms with Crippen LogP contribution in [0, 0.1) is 5.82 Å². The van der Waals surface area contributed by atoms with Gasteiger partial charge in [0, 0.05) is 6.04 Å². The van der Waals surface area contributed by atoms with Gasteiger partial charge in [0.25, 0.3) is 0 Å². The lowest BCUT2D eigenvalue weighted by atomic mass is 10.0. The molecule has 1 aromatic carbocycles. The average Bonchev–Trinajstić information content (AvgIpc) is 2.53. The van der Waals surface area contributed by atoms with Gasteiger partial charge in [0.15, 0.2) is 5.78 Å². The Bertz CT molecular complexity index is 487. The molecule has 0 aromatic heterocycles. The van der Waals surface area contributed by atoms with Crippen molar-refractivity contribution in [3.63, 3.8) is 0 Å². The van der Waals surface area contributed by atoms with Crippen LogP contribution < -0.4 is 10.1 Å². The first-order valence-electron chi connectivity index (χ1n) is 7.47. The molecule has 0 saturated carbocycles. The molecule has 116 valence electrons. The smallest absolute Gasteiger partial charge is 0.180 e. The van der Waals surface area contributed by atoms with Gasteiger partial charge in [0.2, 0.25) is 0 Å². The van der Waals surface area contributed by atoms with Crippen LogP contribution in [0.2, 0.25) is 0 Å². The highest BCUT2D eigenvalue weighted by Gasteiger charge is 2.23. The lowest BCUT2D eigenvalue weighted by molar-refractivity contribution is 0.0871. The second kappa shape index (κ2) is 7.52. The molecule has 1 aliphatic rings. The predicted octanol–water partition coefficient (Wildman–Crippen LogP) is 2.09. The van der Waals surface area contributed by atoms with Crippen LogP contribution in [0.4, 0.5) is 4.39 Å². The third-order valence-corrected chi connectivity index (χ3v) is 4.04. The van der Waals surface area contributed by atoms with Crippen LogP contribution >= 0.6 is 0 Å². The number of benzene rings is 1. The fourth-order valence-corrected chi connectivity index (χ4v) is 2.84. The number of ether oxygens (including phenoxy) is 1. The zero-order valence-electron chi connectivity index (χ0n) is 12.7. The third-order valence-electron chi connectivity index (χ3n) is 4.04. The van der Waals surface area contributed by atoms with Gasteiger partial charge in [-0.15, -0.1) is 0 Å². The van der Waals surface area contributed by atoms with E-state index < -0.39 is 5.82 Å². The van der Waals surface area contributed by atoms with E-state index in [1.807, 2.05) is 0 Å². The Labute approximate surface area is 125 Å². The number of likely N-dealkylation sites (N-methyl/N-ethyl adjacent to an activating group) is 1. The summed E-state index contributed by atoms with van der Waals surface area (Å²) in [6.07, 6.45) is 2.09. The zero-order chi connectivity index (χ0) is 15.2. The van der Waals surface area contributed by atoms with Crippen molar-refractivity contribution in [1.82, 2.24) is 10.2 Å². The summed E-state index contributed by atoms with van der Waals surface area (Å²) in [5.41, 5.74) is 0.324. The quantitative estimate of drug-likeness (QED) is 0.816. The molecule has 0 bridgehead atoms. The average molecular weight is 294 g/mol. The molecule has 1 fully saturated rings. The maximum atomic E-state index is 13.4. The van der Waals surface area contributed by atoms with Gasteiger partial charge in [-0.25, -0.2) is 4.39 Å². The molecule has 1 aliphatic heterocycles. The molecule has 1 saturated heterocycles. The summed E-state index contributed by atoms with van der Waals surface area (Å²) in [6, 6.07) is 4.49. The van der Waals surface area contributed by atoms with Crippen LogP contribution in [0.3, 0.4) is 0 Å². The van der Waals surface area contributed by atoms with Crippen molar-refractivity contribution < 1.29 is 13.9 Å². The first-order valence-corrected chi connectivity index (χ1v) is 7.47. The van der Waals surface area contributed by atoms with Crippen LogP contribution in [0.15, 0.2) is 18.2 Å². The minimum atomic E-state index is -0.413. The Morgan fingerprint density at radius 2 is 2.14 bits per heavy atom. The number of nitrogens with zero attached hydrogens (tertiary/aromatic N) is 1. The van der Waals surface area contributed by atoms with Crippen LogP contribution in [0.25, 0.3) is 0 Å². The highest BCUT2D eigenvalue weighted by atomic mass is 19.1. The molecule has 4 nitrogen and oxygen atoms in total. The Morgan fingerprint density at radius 3 is 2.76 bits per heavy atom. The molecule has 1 N–H and O–H groups in total. The maximum Gasteiger partial charge on any atom is 0.180 e. The topological polar surface area (TPSA) is 41.6 Å². The summed E-state index contributed by atoms with van der Waals surface area (Å²) in [4.78, 5) is 14.7.